The first-order chi connectivity index (χ1) is 3.41. The molecule has 0 saturated carbocycles. The summed E-state index contributed by atoms with van der Waals surface area (Å²) in [6.45, 7) is 0.696. The average Bonchev–Trinajstić information content (AvgIpc) is 1.69. The van der Waals surface area contributed by atoms with Crippen LogP contribution in [-0.2, 0) is 21.8 Å². The number of hydrogen-bond donors (Lipinski definition) is 2. The Balaban J connectivity index is 0. The first kappa shape index (κ1) is 11.2. The maximum absolute atomic E-state index is 8.09. The van der Waals surface area contributed by atoms with Gasteiger partial charge in [-0.3, -0.25) is 0 Å². The quantitative estimate of drug-likeness (QED) is 0.419. The van der Waals surface area contributed by atoms with Crippen LogP contribution >= 0.6 is 0 Å². The molecule has 0 aromatic rings. The third kappa shape index (κ3) is 9.64. The Morgan fingerprint density at radius 3 is 1.62 bits per heavy atom. The van der Waals surface area contributed by atoms with Gasteiger partial charge in [0.25, 0.3) is 0 Å². The molecule has 0 saturated heterocycles. The normalized spacial score (nSPS) is 8.25. The van der Waals surface area contributed by atoms with Crippen molar-refractivity contribution < 1.29 is 32.0 Å². The second-order valence-electron chi connectivity index (χ2n) is 1.06. The van der Waals surface area contributed by atoms with E-state index < -0.39 is 0 Å². The predicted octanol–water partition coefficient (Wildman–Crippen LogP) is -1.01. The van der Waals surface area contributed by atoms with Crippen molar-refractivity contribution in [3.63, 3.8) is 0 Å². The van der Waals surface area contributed by atoms with Crippen LogP contribution in [0.1, 0.15) is 0 Å². The molecule has 4 heteroatoms. The Labute approximate surface area is 59.1 Å². The van der Waals surface area contributed by atoms with Gasteiger partial charge in [-0.05, 0) is 0 Å². The van der Waals surface area contributed by atoms with E-state index in [1.165, 1.54) is 0 Å². The Hall–Kier alpha value is 0.399. The van der Waals surface area contributed by atoms with Crippen molar-refractivity contribution in [2.24, 2.45) is 0 Å². The van der Waals surface area contributed by atoms with E-state index in [2.05, 4.69) is 4.74 Å². The fraction of sp³-hybridized carbons (Fsp3) is 1.00. The van der Waals surface area contributed by atoms with Gasteiger partial charge >= 0.3 is 0 Å². The van der Waals surface area contributed by atoms with Crippen LogP contribution in [0.4, 0.5) is 0 Å². The molecule has 0 spiro atoms. The summed E-state index contributed by atoms with van der Waals surface area (Å²) in [5, 5.41) is 16.2. The summed E-state index contributed by atoms with van der Waals surface area (Å²) in [5.41, 5.74) is 0. The molecular weight excluding hydrogens is 160 g/mol. The molecule has 3 nitrogen and oxygen atoms in total. The third-order valence-electron chi connectivity index (χ3n) is 0.471. The molecule has 1 radical (unpaired) electrons. The Kier molecular flexibility index (Phi) is 14.6. The molecule has 0 atom stereocenters. The minimum Gasteiger partial charge on any atom is -0.394 e. The predicted molar refractivity (Wildman–Crippen MR) is 25.0 cm³/mol. The Morgan fingerprint density at radius 2 is 1.38 bits per heavy atom. The van der Waals surface area contributed by atoms with Crippen LogP contribution in [0.3, 0.4) is 0 Å². The fourth-order valence-corrected chi connectivity index (χ4v) is 0.231. The van der Waals surface area contributed by atoms with Crippen LogP contribution in [0.5, 0.6) is 0 Å². The smallest absolute Gasteiger partial charge is 0.0698 e. The second kappa shape index (κ2) is 10.4. The number of aliphatic hydroxyl groups is 2. The van der Waals surface area contributed by atoms with Gasteiger partial charge in [-0.15, -0.1) is 0 Å². The van der Waals surface area contributed by atoms with Crippen LogP contribution in [0.25, 0.3) is 0 Å². The summed E-state index contributed by atoms with van der Waals surface area (Å²) in [7, 11) is 0. The van der Waals surface area contributed by atoms with E-state index in [0.29, 0.717) is 13.2 Å². The molecule has 0 bridgehead atoms. The van der Waals surface area contributed by atoms with Gasteiger partial charge in [-0.2, -0.15) is 0 Å². The van der Waals surface area contributed by atoms with Gasteiger partial charge in [-0.25, -0.2) is 0 Å². The fourth-order valence-electron chi connectivity index (χ4n) is 0.231. The van der Waals surface area contributed by atoms with Crippen molar-refractivity contribution >= 4 is 0 Å². The molecule has 0 aromatic carbocycles. The minimum atomic E-state index is 0. The molecule has 0 aliphatic carbocycles. The van der Waals surface area contributed by atoms with Gasteiger partial charge in [0, 0.05) is 17.1 Å². The summed E-state index contributed by atoms with van der Waals surface area (Å²) < 4.78 is 4.63. The Bertz CT molecular complexity index is 30.5. The van der Waals surface area contributed by atoms with Crippen LogP contribution in [0.15, 0.2) is 0 Å². The summed E-state index contributed by atoms with van der Waals surface area (Å²) in [6, 6.07) is 0. The van der Waals surface area contributed by atoms with Crippen LogP contribution in [-0.4, -0.2) is 36.6 Å². The van der Waals surface area contributed by atoms with E-state index in [0.717, 1.165) is 0 Å². The largest absolute Gasteiger partial charge is 0.394 e. The van der Waals surface area contributed by atoms with Crippen molar-refractivity contribution in [3.05, 3.63) is 0 Å². The van der Waals surface area contributed by atoms with Crippen LogP contribution in [0, 0.1) is 0 Å². The maximum atomic E-state index is 8.09. The van der Waals surface area contributed by atoms with Crippen molar-refractivity contribution in [2.75, 3.05) is 26.4 Å². The van der Waals surface area contributed by atoms with Gasteiger partial charge in [0.1, 0.15) is 0 Å². The number of hydrogen-bond acceptors (Lipinski definition) is 3. The molecule has 0 unspecified atom stereocenters. The van der Waals surface area contributed by atoms with Crippen LogP contribution in [0.2, 0.25) is 0 Å². The number of ether oxygens (including phenoxy) is 1. The monoisotopic (exact) mass is 169 g/mol. The van der Waals surface area contributed by atoms with Gasteiger partial charge in [-0.1, -0.05) is 0 Å². The number of aliphatic hydroxyl groups excluding tert-OH is 2. The molecule has 0 aliphatic rings. The van der Waals surface area contributed by atoms with Crippen molar-refractivity contribution in [2.45, 2.75) is 0 Å². The van der Waals surface area contributed by atoms with Gasteiger partial charge in [0.05, 0.1) is 26.4 Å². The topological polar surface area (TPSA) is 49.7 Å². The minimum absolute atomic E-state index is 0. The molecule has 0 heterocycles. The number of rotatable bonds is 4. The molecule has 0 aromatic heterocycles. The summed E-state index contributed by atoms with van der Waals surface area (Å²) in [5.74, 6) is 0. The molecular formula is C4H10CuO3. The van der Waals surface area contributed by atoms with Crippen molar-refractivity contribution in [3.8, 4) is 0 Å². The zero-order valence-electron chi connectivity index (χ0n) is 4.43. The zero-order valence-corrected chi connectivity index (χ0v) is 5.37. The molecule has 0 rings (SSSR count). The molecule has 0 amide bonds. The molecule has 0 aliphatic heterocycles. The van der Waals surface area contributed by atoms with E-state index in [4.69, 9.17) is 10.2 Å². The molecule has 2 N–H and O–H groups in total. The molecule has 8 heavy (non-hydrogen) atoms. The second-order valence-corrected chi connectivity index (χ2v) is 1.06. The van der Waals surface area contributed by atoms with E-state index in [-0.39, 0.29) is 30.3 Å². The third-order valence-corrected chi connectivity index (χ3v) is 0.471. The van der Waals surface area contributed by atoms with E-state index in [1.807, 2.05) is 0 Å². The van der Waals surface area contributed by atoms with Gasteiger partial charge < -0.3 is 14.9 Å². The molecule has 0 fully saturated rings. The standard InChI is InChI=1S/C4H10O3.Cu/c5-1-3-7-4-2-6;/h5-6H,1-4H2;. The SMILES string of the molecule is OCCOCCO.[Cu]. The van der Waals surface area contributed by atoms with Gasteiger partial charge in [0.2, 0.25) is 0 Å². The first-order valence-electron chi connectivity index (χ1n) is 2.21. The summed E-state index contributed by atoms with van der Waals surface area (Å²) in [4.78, 5) is 0. The zero-order chi connectivity index (χ0) is 5.54. The van der Waals surface area contributed by atoms with Gasteiger partial charge in [0.15, 0.2) is 0 Å². The van der Waals surface area contributed by atoms with E-state index in [9.17, 15) is 0 Å². The maximum Gasteiger partial charge on any atom is 0.0698 e. The van der Waals surface area contributed by atoms with E-state index in [1.54, 1.807) is 0 Å². The average molecular weight is 170 g/mol. The van der Waals surface area contributed by atoms with E-state index >= 15 is 0 Å². The van der Waals surface area contributed by atoms with Crippen molar-refractivity contribution in [1.29, 1.82) is 0 Å². The first-order valence-corrected chi connectivity index (χ1v) is 2.21. The van der Waals surface area contributed by atoms with Crippen molar-refractivity contribution in [1.82, 2.24) is 0 Å². The Morgan fingerprint density at radius 1 is 1.00 bits per heavy atom. The summed E-state index contributed by atoms with van der Waals surface area (Å²) in [6.07, 6.45) is 0. The molecule has 55 valence electrons. The summed E-state index contributed by atoms with van der Waals surface area (Å²) >= 11 is 0. The van der Waals surface area contributed by atoms with Crippen LogP contribution < -0.4 is 0 Å².